The van der Waals surface area contributed by atoms with Crippen molar-refractivity contribution in [3.05, 3.63) is 71.5 Å². The van der Waals surface area contributed by atoms with E-state index in [4.69, 9.17) is 11.6 Å². The number of carbonyl (C=O) groups is 1. The number of anilines is 1. The molecule has 0 bridgehead atoms. The number of carbonyl (C=O) groups excluding carboxylic acids is 1. The Balaban J connectivity index is 1.77. The molecule has 1 N–H and O–H groups in total. The topological polar surface area (TPSA) is 59.8 Å². The summed E-state index contributed by atoms with van der Waals surface area (Å²) in [5, 5.41) is 11.2. The van der Waals surface area contributed by atoms with Crippen LogP contribution in [0.15, 0.2) is 60.8 Å². The minimum Gasteiger partial charge on any atom is -0.321 e. The molecule has 0 fully saturated rings. The lowest BCUT2D eigenvalue weighted by Crippen LogP contribution is -2.12. The highest BCUT2D eigenvalue weighted by atomic mass is 35.5. The Bertz CT molecular complexity index is 753. The Hall–Kier alpha value is -2.66. The third-order valence-electron chi connectivity index (χ3n) is 2.85. The lowest BCUT2D eigenvalue weighted by molar-refractivity contribution is 0.102. The number of para-hydroxylation sites is 1. The number of nitrogens with zero attached hydrogens (tertiary/aromatic N) is 3. The van der Waals surface area contributed by atoms with Crippen LogP contribution in [0.4, 0.5) is 5.69 Å². The second-order valence-corrected chi connectivity index (χ2v) is 4.78. The molecule has 0 radical (unpaired) electrons. The van der Waals surface area contributed by atoms with Crippen molar-refractivity contribution < 1.29 is 4.79 Å². The molecule has 0 saturated heterocycles. The highest BCUT2D eigenvalue weighted by Gasteiger charge is 2.11. The predicted octanol–water partition coefficient (Wildman–Crippen LogP) is 3.17. The van der Waals surface area contributed by atoms with Crippen LogP contribution in [0.3, 0.4) is 0 Å². The van der Waals surface area contributed by atoms with Gasteiger partial charge in [0, 0.05) is 10.7 Å². The van der Waals surface area contributed by atoms with Gasteiger partial charge < -0.3 is 5.32 Å². The zero-order valence-corrected chi connectivity index (χ0v) is 11.7. The molecule has 6 heteroatoms. The van der Waals surface area contributed by atoms with E-state index in [-0.39, 0.29) is 11.6 Å². The Labute approximate surface area is 126 Å². The normalized spacial score (nSPS) is 10.3. The second-order valence-electron chi connectivity index (χ2n) is 4.34. The van der Waals surface area contributed by atoms with E-state index >= 15 is 0 Å². The zero-order valence-electron chi connectivity index (χ0n) is 10.9. The first kappa shape index (κ1) is 13.3. The fourth-order valence-electron chi connectivity index (χ4n) is 1.80. The largest absolute Gasteiger partial charge is 0.321 e. The van der Waals surface area contributed by atoms with E-state index in [1.165, 1.54) is 0 Å². The number of hydrogen-bond acceptors (Lipinski definition) is 3. The van der Waals surface area contributed by atoms with Crippen LogP contribution in [0.5, 0.6) is 0 Å². The van der Waals surface area contributed by atoms with Gasteiger partial charge in [-0.1, -0.05) is 35.0 Å². The van der Waals surface area contributed by atoms with Gasteiger partial charge in [0.1, 0.15) is 0 Å². The molecule has 1 heterocycles. The van der Waals surface area contributed by atoms with Gasteiger partial charge in [0.25, 0.3) is 5.91 Å². The smallest absolute Gasteiger partial charge is 0.277 e. The van der Waals surface area contributed by atoms with Crippen molar-refractivity contribution in [2.75, 3.05) is 5.32 Å². The van der Waals surface area contributed by atoms with Gasteiger partial charge in [-0.3, -0.25) is 4.79 Å². The number of nitrogens with one attached hydrogen (secondary N) is 1. The van der Waals surface area contributed by atoms with Crippen LogP contribution >= 0.6 is 11.6 Å². The summed E-state index contributed by atoms with van der Waals surface area (Å²) < 4.78 is 1.55. The Morgan fingerprint density at radius 2 is 1.76 bits per heavy atom. The molecule has 2 aromatic carbocycles. The van der Waals surface area contributed by atoms with Crippen LogP contribution in [0.25, 0.3) is 5.69 Å². The van der Waals surface area contributed by atoms with Crippen molar-refractivity contribution in [2.24, 2.45) is 0 Å². The molecule has 5 nitrogen and oxygen atoms in total. The Kier molecular flexibility index (Phi) is 3.66. The average molecular weight is 299 g/mol. The molecular formula is C15H11ClN4O. The molecular weight excluding hydrogens is 288 g/mol. The fourth-order valence-corrected chi connectivity index (χ4v) is 1.93. The summed E-state index contributed by atoms with van der Waals surface area (Å²) in [4.78, 5) is 12.1. The molecule has 0 aliphatic carbocycles. The summed E-state index contributed by atoms with van der Waals surface area (Å²) in [5.41, 5.74) is 1.74. The lowest BCUT2D eigenvalue weighted by atomic mass is 10.3. The molecule has 3 aromatic rings. The highest BCUT2D eigenvalue weighted by molar-refractivity contribution is 6.30. The van der Waals surface area contributed by atoms with Crippen molar-refractivity contribution in [3.63, 3.8) is 0 Å². The van der Waals surface area contributed by atoms with Crippen LogP contribution in [0.2, 0.25) is 5.02 Å². The molecule has 0 aliphatic rings. The maximum absolute atomic E-state index is 12.1. The third-order valence-corrected chi connectivity index (χ3v) is 3.10. The van der Waals surface area contributed by atoms with E-state index in [0.29, 0.717) is 10.7 Å². The average Bonchev–Trinajstić information content (AvgIpc) is 3.00. The highest BCUT2D eigenvalue weighted by Crippen LogP contribution is 2.14. The van der Waals surface area contributed by atoms with Crippen LogP contribution in [0, 0.1) is 0 Å². The van der Waals surface area contributed by atoms with Gasteiger partial charge in [-0.05, 0) is 36.4 Å². The van der Waals surface area contributed by atoms with Crippen molar-refractivity contribution in [2.45, 2.75) is 0 Å². The predicted molar refractivity (Wildman–Crippen MR) is 80.8 cm³/mol. The number of rotatable bonds is 3. The minimum absolute atomic E-state index is 0.244. The summed E-state index contributed by atoms with van der Waals surface area (Å²) in [5.74, 6) is -0.320. The molecule has 0 saturated carbocycles. The maximum atomic E-state index is 12.1. The van der Waals surface area contributed by atoms with E-state index in [2.05, 4.69) is 15.6 Å². The van der Waals surface area contributed by atoms with Gasteiger partial charge in [-0.2, -0.15) is 0 Å². The molecule has 21 heavy (non-hydrogen) atoms. The molecule has 0 atom stereocenters. The molecule has 104 valence electrons. The van der Waals surface area contributed by atoms with E-state index in [1.807, 2.05) is 30.3 Å². The van der Waals surface area contributed by atoms with E-state index < -0.39 is 0 Å². The summed E-state index contributed by atoms with van der Waals surface area (Å²) in [6, 6.07) is 16.3. The first-order valence-corrected chi connectivity index (χ1v) is 6.65. The SMILES string of the molecule is O=C(Nc1ccc(Cl)cc1)c1cn(-c2ccccc2)nn1. The molecule has 1 aromatic heterocycles. The monoisotopic (exact) mass is 298 g/mol. The van der Waals surface area contributed by atoms with Crippen LogP contribution in [-0.4, -0.2) is 20.9 Å². The molecule has 0 spiro atoms. The van der Waals surface area contributed by atoms with Gasteiger partial charge in [-0.25, -0.2) is 4.68 Å². The van der Waals surface area contributed by atoms with Gasteiger partial charge >= 0.3 is 0 Å². The van der Waals surface area contributed by atoms with Crippen LogP contribution < -0.4 is 5.32 Å². The van der Waals surface area contributed by atoms with Gasteiger partial charge in [-0.15, -0.1) is 5.10 Å². The zero-order chi connectivity index (χ0) is 14.7. The number of hydrogen-bond donors (Lipinski definition) is 1. The van der Waals surface area contributed by atoms with Gasteiger partial charge in [0.05, 0.1) is 11.9 Å². The summed E-state index contributed by atoms with van der Waals surface area (Å²) in [6.07, 6.45) is 1.58. The van der Waals surface area contributed by atoms with Crippen molar-refractivity contribution >= 4 is 23.2 Å². The van der Waals surface area contributed by atoms with Crippen molar-refractivity contribution in [1.82, 2.24) is 15.0 Å². The summed E-state index contributed by atoms with van der Waals surface area (Å²) in [6.45, 7) is 0. The van der Waals surface area contributed by atoms with Gasteiger partial charge in [0.15, 0.2) is 5.69 Å². The summed E-state index contributed by atoms with van der Waals surface area (Å²) >= 11 is 5.80. The second kappa shape index (κ2) is 5.76. The standard InChI is InChI=1S/C15H11ClN4O/c16-11-6-8-12(9-7-11)17-15(21)14-10-20(19-18-14)13-4-2-1-3-5-13/h1-10H,(H,17,21). The quantitative estimate of drug-likeness (QED) is 0.808. The summed E-state index contributed by atoms with van der Waals surface area (Å²) in [7, 11) is 0. The first-order chi connectivity index (χ1) is 10.2. The van der Waals surface area contributed by atoms with E-state index in [9.17, 15) is 4.79 Å². The third kappa shape index (κ3) is 3.09. The maximum Gasteiger partial charge on any atom is 0.277 e. The first-order valence-electron chi connectivity index (χ1n) is 6.27. The van der Waals surface area contributed by atoms with Crippen LogP contribution in [-0.2, 0) is 0 Å². The number of amides is 1. The molecule has 1 amide bonds. The Morgan fingerprint density at radius 3 is 2.48 bits per heavy atom. The number of halogens is 1. The number of benzene rings is 2. The fraction of sp³-hybridized carbons (Fsp3) is 0. The molecule has 0 aliphatic heterocycles. The van der Waals surface area contributed by atoms with Gasteiger partial charge in [0.2, 0.25) is 0 Å². The van der Waals surface area contributed by atoms with E-state index in [0.717, 1.165) is 5.69 Å². The number of aromatic nitrogens is 3. The lowest BCUT2D eigenvalue weighted by Gasteiger charge is -2.02. The minimum atomic E-state index is -0.320. The molecule has 0 unspecified atom stereocenters. The molecule has 3 rings (SSSR count). The Morgan fingerprint density at radius 1 is 1.05 bits per heavy atom. The van der Waals surface area contributed by atoms with Crippen molar-refractivity contribution in [1.29, 1.82) is 0 Å². The van der Waals surface area contributed by atoms with Crippen molar-refractivity contribution in [3.8, 4) is 5.69 Å². The van der Waals surface area contributed by atoms with E-state index in [1.54, 1.807) is 35.1 Å². The van der Waals surface area contributed by atoms with Crippen LogP contribution in [0.1, 0.15) is 10.5 Å².